The van der Waals surface area contributed by atoms with E-state index in [4.69, 9.17) is 10.5 Å². The molecule has 1 aliphatic carbocycles. The number of carbonyl (C=O) groups is 1. The normalized spacial score (nSPS) is 35.7. The van der Waals surface area contributed by atoms with Gasteiger partial charge in [-0.05, 0) is 66.8 Å². The summed E-state index contributed by atoms with van der Waals surface area (Å²) in [6.45, 7) is 7.86. The number of piperidine rings is 1. The van der Waals surface area contributed by atoms with Gasteiger partial charge in [-0.25, -0.2) is 0 Å². The predicted octanol–water partition coefficient (Wildman–Crippen LogP) is 2.49. The lowest BCUT2D eigenvalue weighted by Gasteiger charge is -2.55. The van der Waals surface area contributed by atoms with Crippen molar-refractivity contribution in [3.63, 3.8) is 0 Å². The van der Waals surface area contributed by atoms with Crippen LogP contribution in [-0.4, -0.2) is 42.6 Å². The van der Waals surface area contributed by atoms with Crippen LogP contribution in [0.4, 0.5) is 0 Å². The summed E-state index contributed by atoms with van der Waals surface area (Å²) >= 11 is 0. The largest absolute Gasteiger partial charge is 0.377 e. The Balaban J connectivity index is 1.64. The number of primary amides is 1. The van der Waals surface area contributed by atoms with Crippen LogP contribution in [0.25, 0.3) is 0 Å². The Bertz CT molecular complexity index is 653. The molecule has 0 aromatic heterocycles. The highest BCUT2D eigenvalue weighted by Crippen LogP contribution is 2.48. The number of benzene rings is 1. The average Bonchev–Trinajstić information content (AvgIpc) is 3.06. The Morgan fingerprint density at radius 2 is 2.29 bits per heavy atom. The first kappa shape index (κ1) is 16.1. The van der Waals surface area contributed by atoms with Crippen LogP contribution in [-0.2, 0) is 16.6 Å². The number of amides is 1. The van der Waals surface area contributed by atoms with E-state index in [1.54, 1.807) is 0 Å². The first-order valence-corrected chi connectivity index (χ1v) is 9.28. The zero-order valence-electron chi connectivity index (χ0n) is 14.8. The Hall–Kier alpha value is -1.39. The van der Waals surface area contributed by atoms with Crippen molar-refractivity contribution in [3.05, 3.63) is 34.9 Å². The Kier molecular flexibility index (Phi) is 3.92. The number of nitrogens with two attached hydrogens (primary N) is 1. The number of fused-ring (bicyclic) bond motifs is 4. The van der Waals surface area contributed by atoms with Gasteiger partial charge < -0.3 is 10.5 Å². The number of carbonyl (C=O) groups excluding carboxylic acids is 1. The maximum absolute atomic E-state index is 11.6. The number of ether oxygens (including phenoxy) is 1. The smallest absolute Gasteiger partial charge is 0.248 e. The van der Waals surface area contributed by atoms with Gasteiger partial charge in [0.05, 0.1) is 6.10 Å². The Labute approximate surface area is 144 Å². The second kappa shape index (κ2) is 5.85. The summed E-state index contributed by atoms with van der Waals surface area (Å²) in [4.78, 5) is 14.3. The molecular formula is C20H28N2O2. The highest BCUT2D eigenvalue weighted by Gasteiger charge is 2.48. The summed E-state index contributed by atoms with van der Waals surface area (Å²) in [6.07, 6.45) is 5.02. The molecule has 24 heavy (non-hydrogen) atoms. The molecule has 2 fully saturated rings. The van der Waals surface area contributed by atoms with Crippen molar-refractivity contribution in [3.8, 4) is 0 Å². The highest BCUT2D eigenvalue weighted by molar-refractivity contribution is 5.93. The second-order valence-electron chi connectivity index (χ2n) is 8.09. The molecule has 3 aliphatic rings. The highest BCUT2D eigenvalue weighted by atomic mass is 16.5. The molecular weight excluding hydrogens is 300 g/mol. The Morgan fingerprint density at radius 1 is 1.46 bits per heavy atom. The van der Waals surface area contributed by atoms with Crippen LogP contribution in [0.1, 0.15) is 54.6 Å². The molecule has 4 nitrogen and oxygen atoms in total. The SMILES string of the molecule is C[C@H]1[C@H]2Cc3ccc(C(N)=O)cc3[C@@]1(C)CCN2CC1CCCO1. The van der Waals surface area contributed by atoms with Crippen molar-refractivity contribution in [1.29, 1.82) is 0 Å². The van der Waals surface area contributed by atoms with Crippen molar-refractivity contribution in [2.45, 2.75) is 57.1 Å². The third kappa shape index (κ3) is 2.47. The van der Waals surface area contributed by atoms with E-state index in [0.29, 0.717) is 23.6 Å². The first-order valence-electron chi connectivity index (χ1n) is 9.28. The molecule has 0 spiro atoms. The lowest BCUT2D eigenvalue weighted by molar-refractivity contribution is -0.00666. The van der Waals surface area contributed by atoms with Gasteiger partial charge in [0.15, 0.2) is 0 Å². The quantitative estimate of drug-likeness (QED) is 0.927. The summed E-state index contributed by atoms with van der Waals surface area (Å²) in [7, 11) is 0. The van der Waals surface area contributed by atoms with E-state index in [0.717, 1.165) is 32.5 Å². The molecule has 130 valence electrons. The topological polar surface area (TPSA) is 55.6 Å². The zero-order chi connectivity index (χ0) is 16.9. The fraction of sp³-hybridized carbons (Fsp3) is 0.650. The van der Waals surface area contributed by atoms with Crippen molar-refractivity contribution in [2.24, 2.45) is 11.7 Å². The molecule has 0 saturated carbocycles. The number of rotatable bonds is 3. The molecule has 1 amide bonds. The molecule has 2 N–H and O–H groups in total. The van der Waals surface area contributed by atoms with Gasteiger partial charge >= 0.3 is 0 Å². The molecule has 1 aromatic carbocycles. The average molecular weight is 328 g/mol. The predicted molar refractivity (Wildman–Crippen MR) is 94.1 cm³/mol. The van der Waals surface area contributed by atoms with Crippen molar-refractivity contribution in [1.82, 2.24) is 4.90 Å². The van der Waals surface area contributed by atoms with Gasteiger partial charge in [0, 0.05) is 24.8 Å². The molecule has 4 rings (SSSR count). The van der Waals surface area contributed by atoms with Crippen LogP contribution in [0.3, 0.4) is 0 Å². The fourth-order valence-corrected chi connectivity index (χ4v) is 5.14. The minimum atomic E-state index is -0.327. The van der Waals surface area contributed by atoms with Crippen LogP contribution >= 0.6 is 0 Å². The molecule has 2 aliphatic heterocycles. The van der Waals surface area contributed by atoms with E-state index < -0.39 is 0 Å². The molecule has 4 heteroatoms. The van der Waals surface area contributed by atoms with Crippen molar-refractivity contribution in [2.75, 3.05) is 19.7 Å². The van der Waals surface area contributed by atoms with Gasteiger partial charge in [-0.2, -0.15) is 0 Å². The first-order chi connectivity index (χ1) is 11.5. The van der Waals surface area contributed by atoms with Crippen LogP contribution in [0.2, 0.25) is 0 Å². The van der Waals surface area contributed by atoms with Crippen LogP contribution in [0.15, 0.2) is 18.2 Å². The monoisotopic (exact) mass is 328 g/mol. The maximum Gasteiger partial charge on any atom is 0.248 e. The van der Waals surface area contributed by atoms with E-state index in [1.165, 1.54) is 24.0 Å². The third-order valence-electron chi connectivity index (χ3n) is 6.87. The minimum Gasteiger partial charge on any atom is -0.377 e. The zero-order valence-corrected chi connectivity index (χ0v) is 14.8. The molecule has 1 aromatic rings. The summed E-state index contributed by atoms with van der Waals surface area (Å²) in [5.74, 6) is 0.246. The van der Waals surface area contributed by atoms with Crippen LogP contribution < -0.4 is 5.73 Å². The van der Waals surface area contributed by atoms with Crippen molar-refractivity contribution >= 4 is 5.91 Å². The number of likely N-dealkylation sites (tertiary alicyclic amines) is 1. The molecule has 2 bridgehead atoms. The minimum absolute atomic E-state index is 0.136. The van der Waals surface area contributed by atoms with E-state index in [9.17, 15) is 4.79 Å². The third-order valence-corrected chi connectivity index (χ3v) is 6.87. The standard InChI is InChI=1S/C20H28N2O2/c1-13-18-11-14-5-6-15(19(21)23)10-17(14)20(13,2)7-8-22(18)12-16-4-3-9-24-16/h5-6,10,13,16,18H,3-4,7-9,11-12H2,1-2H3,(H2,21,23)/t13-,16?,18+,20-/m0/s1. The van der Waals surface area contributed by atoms with Gasteiger partial charge in [-0.1, -0.05) is 19.9 Å². The van der Waals surface area contributed by atoms with E-state index in [-0.39, 0.29) is 11.3 Å². The van der Waals surface area contributed by atoms with Gasteiger partial charge in [0.1, 0.15) is 0 Å². The summed E-state index contributed by atoms with van der Waals surface area (Å²) in [5, 5.41) is 0. The molecule has 0 radical (unpaired) electrons. The van der Waals surface area contributed by atoms with Crippen LogP contribution in [0.5, 0.6) is 0 Å². The fourth-order valence-electron chi connectivity index (χ4n) is 5.14. The number of hydrogen-bond acceptors (Lipinski definition) is 3. The maximum atomic E-state index is 11.6. The Morgan fingerprint density at radius 3 is 3.00 bits per heavy atom. The number of nitrogens with zero attached hydrogens (tertiary/aromatic N) is 1. The van der Waals surface area contributed by atoms with Crippen molar-refractivity contribution < 1.29 is 9.53 Å². The molecule has 1 unspecified atom stereocenters. The van der Waals surface area contributed by atoms with Crippen LogP contribution in [0, 0.1) is 5.92 Å². The lowest BCUT2D eigenvalue weighted by Crippen LogP contribution is -2.59. The lowest BCUT2D eigenvalue weighted by atomic mass is 9.59. The van der Waals surface area contributed by atoms with Gasteiger partial charge in [-0.15, -0.1) is 0 Å². The van der Waals surface area contributed by atoms with Gasteiger partial charge in [0.25, 0.3) is 0 Å². The second-order valence-corrected chi connectivity index (χ2v) is 8.09. The summed E-state index contributed by atoms with van der Waals surface area (Å²) in [5.41, 5.74) is 9.02. The number of hydrogen-bond donors (Lipinski definition) is 1. The van der Waals surface area contributed by atoms with E-state index >= 15 is 0 Å². The molecule has 2 saturated heterocycles. The van der Waals surface area contributed by atoms with E-state index in [1.807, 2.05) is 6.07 Å². The summed E-state index contributed by atoms with van der Waals surface area (Å²) < 4.78 is 5.87. The van der Waals surface area contributed by atoms with Gasteiger partial charge in [-0.3, -0.25) is 9.69 Å². The molecule has 4 atom stereocenters. The van der Waals surface area contributed by atoms with Gasteiger partial charge in [0.2, 0.25) is 5.91 Å². The summed E-state index contributed by atoms with van der Waals surface area (Å²) in [6, 6.07) is 6.64. The van der Waals surface area contributed by atoms with E-state index in [2.05, 4.69) is 30.9 Å². The molecule has 2 heterocycles.